The fraction of sp³-hybridized carbons (Fsp3) is 0.667. The number of aryl methyl sites for hydroxylation is 2. The number of thiazole rings is 1. The summed E-state index contributed by atoms with van der Waals surface area (Å²) in [6.45, 7) is 8.66. The first kappa shape index (κ1) is 14.1. The molecule has 0 radical (unpaired) electrons. The zero-order valence-electron chi connectivity index (χ0n) is 11.1. The minimum Gasteiger partial charge on any atom is -0.465 e. The van der Waals surface area contributed by atoms with Gasteiger partial charge >= 0.3 is 5.97 Å². The van der Waals surface area contributed by atoms with Crippen molar-refractivity contribution >= 4 is 17.3 Å². The van der Waals surface area contributed by atoms with Gasteiger partial charge in [-0.25, -0.2) is 4.98 Å². The van der Waals surface area contributed by atoms with E-state index in [9.17, 15) is 4.79 Å². The summed E-state index contributed by atoms with van der Waals surface area (Å²) in [4.78, 5) is 19.1. The van der Waals surface area contributed by atoms with Crippen LogP contribution in [0.15, 0.2) is 0 Å². The number of rotatable bonds is 5. The summed E-state index contributed by atoms with van der Waals surface area (Å²) in [5.74, 6) is -0.188. The van der Waals surface area contributed by atoms with Gasteiger partial charge in [0.15, 0.2) is 0 Å². The Hall–Kier alpha value is -0.940. The Balaban J connectivity index is 2.66. The van der Waals surface area contributed by atoms with Crippen LogP contribution in [0.1, 0.15) is 35.5 Å². The molecule has 0 fully saturated rings. The number of hydrogen-bond donors (Lipinski definition) is 0. The molecule has 0 N–H and O–H groups in total. The highest BCUT2D eigenvalue weighted by Crippen LogP contribution is 2.25. The first-order valence-electron chi connectivity index (χ1n) is 5.75. The standard InChI is InChI=1S/C12H20N2O2S/c1-6-16-11(15)7-14(5)8(2)12-9(3)17-10(4)13-12/h8H,6-7H2,1-5H3/t8-/m1/s1. The van der Waals surface area contributed by atoms with Crippen LogP contribution in [-0.4, -0.2) is 36.1 Å². The van der Waals surface area contributed by atoms with Crippen molar-refractivity contribution in [3.63, 3.8) is 0 Å². The van der Waals surface area contributed by atoms with Crippen LogP contribution in [0.3, 0.4) is 0 Å². The lowest BCUT2D eigenvalue weighted by Crippen LogP contribution is -2.30. The van der Waals surface area contributed by atoms with Crippen LogP contribution in [-0.2, 0) is 9.53 Å². The van der Waals surface area contributed by atoms with Gasteiger partial charge in [0.2, 0.25) is 0 Å². The average molecular weight is 256 g/mol. The number of carbonyl (C=O) groups is 1. The molecule has 1 aromatic heterocycles. The van der Waals surface area contributed by atoms with Crippen molar-refractivity contribution in [3.05, 3.63) is 15.6 Å². The van der Waals surface area contributed by atoms with Crippen molar-refractivity contribution in [2.75, 3.05) is 20.2 Å². The minimum atomic E-state index is -0.188. The highest BCUT2D eigenvalue weighted by molar-refractivity contribution is 7.11. The first-order valence-corrected chi connectivity index (χ1v) is 6.57. The third-order valence-electron chi connectivity index (χ3n) is 2.68. The monoisotopic (exact) mass is 256 g/mol. The number of aromatic nitrogens is 1. The predicted molar refractivity (Wildman–Crippen MR) is 69.3 cm³/mol. The molecule has 0 saturated carbocycles. The molecule has 96 valence electrons. The van der Waals surface area contributed by atoms with E-state index in [2.05, 4.69) is 18.8 Å². The molecule has 0 saturated heterocycles. The van der Waals surface area contributed by atoms with E-state index in [1.54, 1.807) is 11.3 Å². The summed E-state index contributed by atoms with van der Waals surface area (Å²) in [7, 11) is 1.91. The fourth-order valence-corrected chi connectivity index (χ4v) is 2.60. The number of esters is 1. The van der Waals surface area contributed by atoms with Gasteiger partial charge in [-0.05, 0) is 34.7 Å². The number of hydrogen-bond acceptors (Lipinski definition) is 5. The van der Waals surface area contributed by atoms with Gasteiger partial charge in [-0.15, -0.1) is 11.3 Å². The largest absolute Gasteiger partial charge is 0.465 e. The Labute approximate surface area is 107 Å². The van der Waals surface area contributed by atoms with Gasteiger partial charge in [-0.1, -0.05) is 0 Å². The van der Waals surface area contributed by atoms with Crippen molar-refractivity contribution in [3.8, 4) is 0 Å². The number of ether oxygens (including phenoxy) is 1. The molecule has 17 heavy (non-hydrogen) atoms. The molecule has 0 amide bonds. The molecule has 0 aliphatic heterocycles. The summed E-state index contributed by atoms with van der Waals surface area (Å²) in [5, 5.41) is 1.06. The average Bonchev–Trinajstić information content (AvgIpc) is 2.56. The quantitative estimate of drug-likeness (QED) is 0.758. The van der Waals surface area contributed by atoms with Crippen LogP contribution >= 0.6 is 11.3 Å². The molecule has 0 aliphatic rings. The number of likely N-dealkylation sites (N-methyl/N-ethyl adjacent to an activating group) is 1. The van der Waals surface area contributed by atoms with Crippen LogP contribution in [0.2, 0.25) is 0 Å². The Kier molecular flexibility index (Phi) is 5.08. The molecule has 0 unspecified atom stereocenters. The number of carbonyl (C=O) groups excluding carboxylic acids is 1. The molecule has 0 spiro atoms. The third kappa shape index (κ3) is 3.78. The van der Waals surface area contributed by atoms with Gasteiger partial charge < -0.3 is 4.74 Å². The fourth-order valence-electron chi connectivity index (χ4n) is 1.69. The van der Waals surface area contributed by atoms with E-state index in [-0.39, 0.29) is 12.0 Å². The van der Waals surface area contributed by atoms with Gasteiger partial charge in [0.25, 0.3) is 0 Å². The second-order valence-corrected chi connectivity index (χ2v) is 5.48. The van der Waals surface area contributed by atoms with Crippen molar-refractivity contribution in [1.29, 1.82) is 0 Å². The second kappa shape index (κ2) is 6.12. The van der Waals surface area contributed by atoms with Crippen LogP contribution in [0.5, 0.6) is 0 Å². The Bertz CT molecular complexity index is 390. The highest BCUT2D eigenvalue weighted by Gasteiger charge is 2.19. The van der Waals surface area contributed by atoms with Crippen molar-refractivity contribution in [2.45, 2.75) is 33.7 Å². The molecular formula is C12H20N2O2S. The van der Waals surface area contributed by atoms with Gasteiger partial charge in [-0.3, -0.25) is 9.69 Å². The van der Waals surface area contributed by atoms with E-state index in [4.69, 9.17) is 4.74 Å². The Morgan fingerprint density at radius 1 is 1.53 bits per heavy atom. The SMILES string of the molecule is CCOC(=O)CN(C)[C@H](C)c1nc(C)sc1C. The number of nitrogens with zero attached hydrogens (tertiary/aromatic N) is 2. The maximum absolute atomic E-state index is 11.4. The van der Waals surface area contributed by atoms with Crippen LogP contribution in [0, 0.1) is 13.8 Å². The van der Waals surface area contributed by atoms with Crippen LogP contribution in [0.4, 0.5) is 0 Å². The van der Waals surface area contributed by atoms with Crippen LogP contribution < -0.4 is 0 Å². The van der Waals surface area contributed by atoms with E-state index in [0.29, 0.717) is 13.2 Å². The highest BCUT2D eigenvalue weighted by atomic mass is 32.1. The maximum Gasteiger partial charge on any atom is 0.320 e. The normalized spacial score (nSPS) is 12.8. The van der Waals surface area contributed by atoms with Gasteiger partial charge in [0.05, 0.1) is 29.9 Å². The second-order valence-electron chi connectivity index (χ2n) is 4.07. The smallest absolute Gasteiger partial charge is 0.320 e. The van der Waals surface area contributed by atoms with Gasteiger partial charge in [-0.2, -0.15) is 0 Å². The van der Waals surface area contributed by atoms with Gasteiger partial charge in [0.1, 0.15) is 0 Å². The predicted octanol–water partition coefficient (Wildman–Crippen LogP) is 2.32. The molecular weight excluding hydrogens is 236 g/mol. The summed E-state index contributed by atoms with van der Waals surface area (Å²) in [6, 6.07) is 0.129. The minimum absolute atomic E-state index is 0.129. The molecule has 1 aromatic rings. The van der Waals surface area contributed by atoms with Crippen molar-refractivity contribution in [2.24, 2.45) is 0 Å². The summed E-state index contributed by atoms with van der Waals surface area (Å²) < 4.78 is 4.94. The topological polar surface area (TPSA) is 42.4 Å². The van der Waals surface area contributed by atoms with Crippen molar-refractivity contribution in [1.82, 2.24) is 9.88 Å². The molecule has 0 bridgehead atoms. The lowest BCUT2D eigenvalue weighted by atomic mass is 10.2. The zero-order valence-corrected chi connectivity index (χ0v) is 11.9. The van der Waals surface area contributed by atoms with E-state index >= 15 is 0 Å². The third-order valence-corrected chi connectivity index (χ3v) is 3.58. The van der Waals surface area contributed by atoms with E-state index in [1.807, 2.05) is 25.8 Å². The first-order chi connectivity index (χ1) is 7.95. The Morgan fingerprint density at radius 3 is 2.65 bits per heavy atom. The Morgan fingerprint density at radius 2 is 2.18 bits per heavy atom. The summed E-state index contributed by atoms with van der Waals surface area (Å²) in [6.07, 6.45) is 0. The molecule has 0 aromatic carbocycles. The van der Waals surface area contributed by atoms with E-state index in [0.717, 1.165) is 10.7 Å². The molecule has 5 heteroatoms. The zero-order chi connectivity index (χ0) is 13.0. The van der Waals surface area contributed by atoms with Gasteiger partial charge in [0, 0.05) is 4.88 Å². The molecule has 1 rings (SSSR count). The lowest BCUT2D eigenvalue weighted by Gasteiger charge is -2.22. The molecule has 0 aliphatic carbocycles. The lowest BCUT2D eigenvalue weighted by molar-refractivity contribution is -0.144. The maximum atomic E-state index is 11.4. The van der Waals surface area contributed by atoms with Crippen molar-refractivity contribution < 1.29 is 9.53 Å². The van der Waals surface area contributed by atoms with Crippen LogP contribution in [0.25, 0.3) is 0 Å². The molecule has 4 nitrogen and oxygen atoms in total. The van der Waals surface area contributed by atoms with E-state index < -0.39 is 0 Å². The molecule has 1 atom stereocenters. The summed E-state index contributed by atoms with van der Waals surface area (Å²) in [5.41, 5.74) is 1.05. The molecule has 1 heterocycles. The summed E-state index contributed by atoms with van der Waals surface area (Å²) >= 11 is 1.69. The van der Waals surface area contributed by atoms with E-state index in [1.165, 1.54) is 4.88 Å².